The molecule has 0 fully saturated rings. The fraction of sp³-hybridized carbons (Fsp3) is 0.167. The molecule has 1 heterocycles. The molecule has 48 valence electrons. The number of aliphatic imine (C=N–C) groups is 1. The highest BCUT2D eigenvalue weighted by atomic mass is 14.9. The van der Waals surface area contributed by atoms with Crippen LogP contribution in [0.25, 0.3) is 0 Å². The van der Waals surface area contributed by atoms with E-state index in [0.717, 1.165) is 5.70 Å². The summed E-state index contributed by atoms with van der Waals surface area (Å²) in [5, 5.41) is 2.96. The third-order valence-electron chi connectivity index (χ3n) is 0.987. The van der Waals surface area contributed by atoms with Gasteiger partial charge in [-0.2, -0.15) is 0 Å². The first kappa shape index (κ1) is 6.04. The molecule has 0 spiro atoms. The van der Waals surface area contributed by atoms with Gasteiger partial charge in [0, 0.05) is 30.9 Å². The average Bonchev–Trinajstić information content (AvgIpc) is 2.13. The molecule has 0 aromatic rings. The van der Waals surface area contributed by atoms with Gasteiger partial charge in [-0.05, 0) is 6.08 Å². The van der Waals surface area contributed by atoms with E-state index in [0.29, 0.717) is 6.54 Å². The molecule has 3 nitrogen and oxygen atoms in total. The van der Waals surface area contributed by atoms with E-state index in [1.165, 1.54) is 0 Å². The third kappa shape index (κ3) is 1.70. The molecule has 0 aliphatic carbocycles. The van der Waals surface area contributed by atoms with E-state index in [9.17, 15) is 0 Å². The van der Waals surface area contributed by atoms with E-state index in [4.69, 9.17) is 5.73 Å². The number of hydrogen-bond donors (Lipinski definition) is 2. The number of nitrogens with zero attached hydrogens (tertiary/aromatic N) is 1. The van der Waals surface area contributed by atoms with Crippen LogP contribution in [0.5, 0.6) is 0 Å². The van der Waals surface area contributed by atoms with Gasteiger partial charge < -0.3 is 11.1 Å². The van der Waals surface area contributed by atoms with Gasteiger partial charge in [0.1, 0.15) is 0 Å². The Morgan fingerprint density at radius 2 is 2.56 bits per heavy atom. The highest BCUT2D eigenvalue weighted by Crippen LogP contribution is 1.88. The Balaban J connectivity index is 2.62. The summed E-state index contributed by atoms with van der Waals surface area (Å²) >= 11 is 0. The molecular weight excluding hydrogens is 114 g/mol. The molecule has 1 aliphatic heterocycles. The third-order valence-corrected chi connectivity index (χ3v) is 0.987. The van der Waals surface area contributed by atoms with Crippen molar-refractivity contribution < 1.29 is 0 Å². The Morgan fingerprint density at radius 3 is 3.33 bits per heavy atom. The number of rotatable bonds is 1. The van der Waals surface area contributed by atoms with Crippen LogP contribution in [0.1, 0.15) is 0 Å². The van der Waals surface area contributed by atoms with Crippen LogP contribution >= 0.6 is 0 Å². The monoisotopic (exact) mass is 123 g/mol. The lowest BCUT2D eigenvalue weighted by Gasteiger charge is -1.98. The summed E-state index contributed by atoms with van der Waals surface area (Å²) in [7, 11) is 0. The molecule has 1 aliphatic rings. The highest BCUT2D eigenvalue weighted by Gasteiger charge is 1.88. The molecule has 0 saturated heterocycles. The quantitative estimate of drug-likeness (QED) is 0.514. The van der Waals surface area contributed by atoms with Crippen LogP contribution < -0.4 is 11.1 Å². The Hall–Kier alpha value is -1.09. The fourth-order valence-corrected chi connectivity index (χ4v) is 0.530. The van der Waals surface area contributed by atoms with Crippen LogP contribution in [0.15, 0.2) is 29.2 Å². The maximum absolute atomic E-state index is 5.33. The standard InChI is InChI=1S/C6H9N3/c7-4-6-5-8-2-1-3-9-6/h1-3,5,9H,4,7H2. The summed E-state index contributed by atoms with van der Waals surface area (Å²) in [6.07, 6.45) is 7.03. The first-order valence-electron chi connectivity index (χ1n) is 2.77. The van der Waals surface area contributed by atoms with Crippen LogP contribution in [-0.4, -0.2) is 12.8 Å². The van der Waals surface area contributed by atoms with Gasteiger partial charge in [-0.25, -0.2) is 0 Å². The van der Waals surface area contributed by atoms with Crippen LogP contribution in [-0.2, 0) is 0 Å². The van der Waals surface area contributed by atoms with Gasteiger partial charge in [-0.1, -0.05) is 0 Å². The molecule has 0 saturated carbocycles. The molecule has 0 bridgehead atoms. The van der Waals surface area contributed by atoms with Crippen molar-refractivity contribution in [1.82, 2.24) is 5.32 Å². The van der Waals surface area contributed by atoms with Gasteiger partial charge in [0.15, 0.2) is 0 Å². The molecule has 0 amide bonds. The lowest BCUT2D eigenvalue weighted by Crippen LogP contribution is -2.14. The lowest BCUT2D eigenvalue weighted by molar-refractivity contribution is 0.970. The van der Waals surface area contributed by atoms with E-state index in [2.05, 4.69) is 10.3 Å². The first-order chi connectivity index (χ1) is 4.43. The maximum atomic E-state index is 5.33. The summed E-state index contributed by atoms with van der Waals surface area (Å²) in [6.45, 7) is 0.502. The topological polar surface area (TPSA) is 50.4 Å². The predicted molar refractivity (Wildman–Crippen MR) is 37.9 cm³/mol. The normalized spacial score (nSPS) is 16.3. The number of hydrogen-bond acceptors (Lipinski definition) is 3. The van der Waals surface area contributed by atoms with E-state index in [-0.39, 0.29) is 0 Å². The van der Waals surface area contributed by atoms with Crippen molar-refractivity contribution in [3.8, 4) is 0 Å². The molecule has 0 aromatic carbocycles. The first-order valence-corrected chi connectivity index (χ1v) is 2.77. The van der Waals surface area contributed by atoms with Crippen molar-refractivity contribution in [1.29, 1.82) is 0 Å². The summed E-state index contributed by atoms with van der Waals surface area (Å²) in [6, 6.07) is 0. The number of nitrogens with one attached hydrogen (secondary N) is 1. The van der Waals surface area contributed by atoms with Gasteiger partial charge in [0.2, 0.25) is 0 Å². The highest BCUT2D eigenvalue weighted by molar-refractivity contribution is 5.72. The minimum absolute atomic E-state index is 0.502. The van der Waals surface area contributed by atoms with Crippen molar-refractivity contribution in [3.63, 3.8) is 0 Å². The van der Waals surface area contributed by atoms with E-state index in [1.807, 2.05) is 6.08 Å². The smallest absolute Gasteiger partial charge is 0.0474 e. The van der Waals surface area contributed by atoms with Crippen LogP contribution in [0.4, 0.5) is 0 Å². The zero-order valence-electron chi connectivity index (χ0n) is 5.04. The molecule has 0 atom stereocenters. The van der Waals surface area contributed by atoms with Gasteiger partial charge >= 0.3 is 0 Å². The minimum atomic E-state index is 0.502. The Labute approximate surface area is 54.0 Å². The van der Waals surface area contributed by atoms with Crippen molar-refractivity contribution in [3.05, 3.63) is 24.2 Å². The van der Waals surface area contributed by atoms with Crippen molar-refractivity contribution in [2.45, 2.75) is 0 Å². The van der Waals surface area contributed by atoms with E-state index >= 15 is 0 Å². The SMILES string of the molecule is NCC1=CN=CC=CN1. The van der Waals surface area contributed by atoms with E-state index < -0.39 is 0 Å². The number of nitrogens with two attached hydrogens (primary N) is 1. The van der Waals surface area contributed by atoms with Gasteiger partial charge in [0.25, 0.3) is 0 Å². The Bertz CT molecular complexity index is 167. The lowest BCUT2D eigenvalue weighted by atomic mass is 10.5. The Kier molecular flexibility index (Phi) is 2.04. The fourth-order valence-electron chi connectivity index (χ4n) is 0.530. The molecule has 3 N–H and O–H groups in total. The Morgan fingerprint density at radius 1 is 1.67 bits per heavy atom. The maximum Gasteiger partial charge on any atom is 0.0474 e. The minimum Gasteiger partial charge on any atom is -0.363 e. The average molecular weight is 123 g/mol. The van der Waals surface area contributed by atoms with Gasteiger partial charge in [-0.15, -0.1) is 0 Å². The molecule has 1 rings (SSSR count). The summed E-state index contributed by atoms with van der Waals surface area (Å²) < 4.78 is 0. The predicted octanol–water partition coefficient (Wildman–Crippen LogP) is -0.0258. The zero-order chi connectivity index (χ0) is 6.53. The second-order valence-corrected chi connectivity index (χ2v) is 1.66. The summed E-state index contributed by atoms with van der Waals surface area (Å²) in [5.41, 5.74) is 6.26. The molecule has 3 heteroatoms. The van der Waals surface area contributed by atoms with Crippen molar-refractivity contribution in [2.24, 2.45) is 10.7 Å². The molecule has 0 radical (unpaired) electrons. The van der Waals surface area contributed by atoms with Crippen LogP contribution in [0.3, 0.4) is 0 Å². The van der Waals surface area contributed by atoms with Crippen molar-refractivity contribution >= 4 is 6.21 Å². The molecule has 9 heavy (non-hydrogen) atoms. The van der Waals surface area contributed by atoms with Gasteiger partial charge in [0.05, 0.1) is 0 Å². The second-order valence-electron chi connectivity index (χ2n) is 1.66. The summed E-state index contributed by atoms with van der Waals surface area (Å²) in [5.74, 6) is 0. The largest absolute Gasteiger partial charge is 0.363 e. The van der Waals surface area contributed by atoms with Crippen LogP contribution in [0, 0.1) is 0 Å². The van der Waals surface area contributed by atoms with Crippen LogP contribution in [0.2, 0.25) is 0 Å². The summed E-state index contributed by atoms with van der Waals surface area (Å²) in [4.78, 5) is 3.91. The van der Waals surface area contributed by atoms with E-state index in [1.54, 1.807) is 18.6 Å². The molecular formula is C6H9N3. The second kappa shape index (κ2) is 3.04. The zero-order valence-corrected chi connectivity index (χ0v) is 5.04. The number of allylic oxidation sites excluding steroid dienone is 1. The van der Waals surface area contributed by atoms with Crippen molar-refractivity contribution in [2.75, 3.05) is 6.54 Å². The molecule has 0 aromatic heterocycles. The van der Waals surface area contributed by atoms with Gasteiger partial charge in [-0.3, -0.25) is 4.99 Å². The molecule has 0 unspecified atom stereocenters.